The lowest BCUT2D eigenvalue weighted by Crippen LogP contribution is -2.43. The third-order valence-corrected chi connectivity index (χ3v) is 3.04. The molecule has 0 aromatic carbocycles. The molecule has 80 valence electrons. The summed E-state index contributed by atoms with van der Waals surface area (Å²) in [7, 11) is 0. The van der Waals surface area contributed by atoms with E-state index < -0.39 is 0 Å². The fraction of sp³-hybridized carbons (Fsp3) is 0.909. The Labute approximate surface area is 86.9 Å². The molecule has 0 aliphatic carbocycles. The van der Waals surface area contributed by atoms with Crippen LogP contribution in [0.3, 0.4) is 0 Å². The third kappa shape index (κ3) is 3.28. The number of nitrogens with two attached hydrogens (primary N) is 1. The monoisotopic (exact) mass is 195 g/mol. The van der Waals surface area contributed by atoms with Gasteiger partial charge in [0.15, 0.2) is 0 Å². The molecule has 0 amide bonds. The van der Waals surface area contributed by atoms with Crippen molar-refractivity contribution in [1.29, 1.82) is 5.26 Å². The minimum Gasteiger partial charge on any atom is -0.328 e. The number of rotatable bonds is 3. The largest absolute Gasteiger partial charge is 0.328 e. The van der Waals surface area contributed by atoms with Crippen LogP contribution in [0.2, 0.25) is 0 Å². The van der Waals surface area contributed by atoms with Gasteiger partial charge in [0.05, 0.1) is 12.0 Å². The van der Waals surface area contributed by atoms with Gasteiger partial charge in [-0.05, 0) is 39.2 Å². The van der Waals surface area contributed by atoms with Gasteiger partial charge in [-0.3, -0.25) is 0 Å². The normalized spacial score (nSPS) is 28.0. The molecule has 1 rings (SSSR count). The van der Waals surface area contributed by atoms with Crippen LogP contribution in [0.25, 0.3) is 0 Å². The van der Waals surface area contributed by atoms with Gasteiger partial charge in [-0.25, -0.2) is 0 Å². The van der Waals surface area contributed by atoms with Crippen LogP contribution in [0.4, 0.5) is 0 Å². The quantitative estimate of drug-likeness (QED) is 0.736. The highest BCUT2D eigenvalue weighted by atomic mass is 15.1. The van der Waals surface area contributed by atoms with Crippen molar-refractivity contribution in [3.05, 3.63) is 0 Å². The van der Waals surface area contributed by atoms with Crippen molar-refractivity contribution < 1.29 is 0 Å². The topological polar surface area (TPSA) is 53.0 Å². The summed E-state index contributed by atoms with van der Waals surface area (Å²) in [6.07, 6.45) is 2.47. The number of likely N-dealkylation sites (tertiary alicyclic amines) is 1. The summed E-state index contributed by atoms with van der Waals surface area (Å²) in [6.45, 7) is 7.18. The Kier molecular flexibility index (Phi) is 4.37. The molecule has 1 aliphatic rings. The van der Waals surface area contributed by atoms with Gasteiger partial charge in [0, 0.05) is 19.1 Å². The average Bonchev–Trinajstić information content (AvgIpc) is 2.18. The van der Waals surface area contributed by atoms with Crippen LogP contribution in [0.1, 0.15) is 26.7 Å². The lowest BCUT2D eigenvalue weighted by Gasteiger charge is -2.35. The fourth-order valence-electron chi connectivity index (χ4n) is 2.11. The lowest BCUT2D eigenvalue weighted by molar-refractivity contribution is 0.152. The second-order valence-corrected chi connectivity index (χ2v) is 4.55. The van der Waals surface area contributed by atoms with Crippen LogP contribution >= 0.6 is 0 Å². The lowest BCUT2D eigenvalue weighted by atomic mass is 9.92. The van der Waals surface area contributed by atoms with Crippen LogP contribution in [-0.2, 0) is 0 Å². The predicted molar refractivity (Wildman–Crippen MR) is 57.6 cm³/mol. The molecular formula is C11H21N3. The molecule has 0 saturated carbocycles. The molecule has 3 atom stereocenters. The van der Waals surface area contributed by atoms with Gasteiger partial charge in [0.2, 0.25) is 0 Å². The Morgan fingerprint density at radius 2 is 2.29 bits per heavy atom. The van der Waals surface area contributed by atoms with E-state index in [1.165, 1.54) is 12.8 Å². The molecule has 1 saturated heterocycles. The molecule has 3 unspecified atom stereocenters. The molecule has 0 aromatic rings. The molecule has 1 heterocycles. The molecule has 2 N–H and O–H groups in total. The number of nitrogens with zero attached hydrogens (tertiary/aromatic N) is 2. The summed E-state index contributed by atoms with van der Waals surface area (Å²) < 4.78 is 0. The molecule has 14 heavy (non-hydrogen) atoms. The number of hydrogen-bond donors (Lipinski definition) is 1. The average molecular weight is 195 g/mol. The Bertz CT molecular complexity index is 207. The zero-order valence-electron chi connectivity index (χ0n) is 9.24. The van der Waals surface area contributed by atoms with Gasteiger partial charge in [-0.1, -0.05) is 0 Å². The minimum absolute atomic E-state index is 0.141. The zero-order valence-corrected chi connectivity index (χ0v) is 9.24. The van der Waals surface area contributed by atoms with Gasteiger partial charge in [-0.2, -0.15) is 5.26 Å². The van der Waals surface area contributed by atoms with Crippen LogP contribution < -0.4 is 5.73 Å². The summed E-state index contributed by atoms with van der Waals surface area (Å²) in [5, 5.41) is 8.74. The SMILES string of the molecule is CC(C#N)CN1CCCC(C(C)N)C1. The third-order valence-electron chi connectivity index (χ3n) is 3.04. The van der Waals surface area contributed by atoms with Gasteiger partial charge in [-0.15, -0.1) is 0 Å². The van der Waals surface area contributed by atoms with Crippen molar-refractivity contribution in [3.63, 3.8) is 0 Å². The first-order valence-corrected chi connectivity index (χ1v) is 5.51. The summed E-state index contributed by atoms with van der Waals surface area (Å²) >= 11 is 0. The molecule has 0 radical (unpaired) electrons. The summed E-state index contributed by atoms with van der Waals surface area (Å²) in [5.41, 5.74) is 5.90. The highest BCUT2D eigenvalue weighted by Gasteiger charge is 2.23. The molecular weight excluding hydrogens is 174 g/mol. The Balaban J connectivity index is 2.37. The first kappa shape index (κ1) is 11.5. The van der Waals surface area contributed by atoms with E-state index in [0.717, 1.165) is 19.6 Å². The van der Waals surface area contributed by atoms with E-state index in [0.29, 0.717) is 5.92 Å². The fourth-order valence-corrected chi connectivity index (χ4v) is 2.11. The van der Waals surface area contributed by atoms with Crippen molar-refractivity contribution >= 4 is 0 Å². The summed E-state index contributed by atoms with van der Waals surface area (Å²) in [6, 6.07) is 2.57. The predicted octanol–water partition coefficient (Wildman–Crippen LogP) is 1.21. The second kappa shape index (κ2) is 5.33. The first-order valence-electron chi connectivity index (χ1n) is 5.51. The number of piperidine rings is 1. The van der Waals surface area contributed by atoms with Crippen LogP contribution in [0, 0.1) is 23.2 Å². The minimum atomic E-state index is 0.141. The first-order chi connectivity index (χ1) is 6.63. The molecule has 3 nitrogen and oxygen atoms in total. The Hall–Kier alpha value is -0.590. The highest BCUT2D eigenvalue weighted by Crippen LogP contribution is 2.19. The van der Waals surface area contributed by atoms with Gasteiger partial charge >= 0.3 is 0 Å². The van der Waals surface area contributed by atoms with Crippen molar-refractivity contribution in [2.45, 2.75) is 32.7 Å². The van der Waals surface area contributed by atoms with E-state index in [1.807, 2.05) is 6.92 Å². The number of hydrogen-bond acceptors (Lipinski definition) is 3. The van der Waals surface area contributed by atoms with E-state index in [-0.39, 0.29) is 12.0 Å². The maximum absolute atomic E-state index is 8.74. The Morgan fingerprint density at radius 1 is 1.57 bits per heavy atom. The maximum Gasteiger partial charge on any atom is 0.0666 e. The van der Waals surface area contributed by atoms with Crippen molar-refractivity contribution in [2.75, 3.05) is 19.6 Å². The van der Waals surface area contributed by atoms with E-state index in [4.69, 9.17) is 11.0 Å². The van der Waals surface area contributed by atoms with Crippen LogP contribution in [0.5, 0.6) is 0 Å². The summed E-state index contributed by atoms with van der Waals surface area (Å²) in [4.78, 5) is 2.38. The molecule has 0 bridgehead atoms. The van der Waals surface area contributed by atoms with Crippen LogP contribution in [0.15, 0.2) is 0 Å². The standard InChI is InChI=1S/C11H21N3/c1-9(6-12)7-14-5-3-4-11(8-14)10(2)13/h9-11H,3-5,7-8,13H2,1-2H3. The molecule has 0 aromatic heterocycles. The van der Waals surface area contributed by atoms with Gasteiger partial charge < -0.3 is 10.6 Å². The van der Waals surface area contributed by atoms with Crippen molar-refractivity contribution in [3.8, 4) is 6.07 Å². The van der Waals surface area contributed by atoms with E-state index in [1.54, 1.807) is 0 Å². The van der Waals surface area contributed by atoms with E-state index in [9.17, 15) is 0 Å². The van der Waals surface area contributed by atoms with Crippen molar-refractivity contribution in [2.24, 2.45) is 17.6 Å². The van der Waals surface area contributed by atoms with E-state index >= 15 is 0 Å². The highest BCUT2D eigenvalue weighted by molar-refractivity contribution is 4.85. The molecule has 1 fully saturated rings. The van der Waals surface area contributed by atoms with E-state index in [2.05, 4.69) is 17.9 Å². The molecule has 1 aliphatic heterocycles. The number of nitriles is 1. The Morgan fingerprint density at radius 3 is 2.86 bits per heavy atom. The van der Waals surface area contributed by atoms with Crippen LogP contribution in [-0.4, -0.2) is 30.6 Å². The summed E-state index contributed by atoms with van der Waals surface area (Å²) in [5.74, 6) is 0.761. The van der Waals surface area contributed by atoms with Gasteiger partial charge in [0.25, 0.3) is 0 Å². The van der Waals surface area contributed by atoms with Crippen molar-refractivity contribution in [1.82, 2.24) is 4.90 Å². The zero-order chi connectivity index (χ0) is 10.6. The maximum atomic E-state index is 8.74. The van der Waals surface area contributed by atoms with Gasteiger partial charge in [0.1, 0.15) is 0 Å². The second-order valence-electron chi connectivity index (χ2n) is 4.55. The molecule has 3 heteroatoms. The molecule has 0 spiro atoms. The smallest absolute Gasteiger partial charge is 0.0666 e.